The highest BCUT2D eigenvalue weighted by Gasteiger charge is 2.38. The van der Waals surface area contributed by atoms with Gasteiger partial charge in [0, 0.05) is 17.2 Å². The number of barbiturate groups is 1. The first-order valence-corrected chi connectivity index (χ1v) is 13.1. The minimum atomic E-state index is -0.943. The first-order valence-electron chi connectivity index (χ1n) is 11.2. The van der Waals surface area contributed by atoms with Crippen molar-refractivity contribution < 1.29 is 33.3 Å². The van der Waals surface area contributed by atoms with Gasteiger partial charge < -0.3 is 18.9 Å². The van der Waals surface area contributed by atoms with Gasteiger partial charge in [0.2, 0.25) is 0 Å². The van der Waals surface area contributed by atoms with Crippen LogP contribution in [-0.4, -0.2) is 39.2 Å². The van der Waals surface area contributed by atoms with E-state index in [1.54, 1.807) is 24.3 Å². The highest BCUT2D eigenvalue weighted by molar-refractivity contribution is 14.1. The molecule has 39 heavy (non-hydrogen) atoms. The number of nitrogens with one attached hydrogen (secondary N) is 1. The lowest BCUT2D eigenvalue weighted by Crippen LogP contribution is -2.54. The molecular formula is C27H21Cl2IN2O7. The summed E-state index contributed by atoms with van der Waals surface area (Å²) in [5.74, 6) is -0.498. The van der Waals surface area contributed by atoms with Gasteiger partial charge in [0.15, 0.2) is 11.5 Å². The van der Waals surface area contributed by atoms with E-state index in [-0.39, 0.29) is 34.4 Å². The Balaban J connectivity index is 1.69. The number of hydrogen-bond acceptors (Lipinski definition) is 7. The van der Waals surface area contributed by atoms with E-state index in [4.69, 9.17) is 42.1 Å². The molecule has 202 valence electrons. The molecule has 9 nitrogen and oxygen atoms in total. The van der Waals surface area contributed by atoms with E-state index in [9.17, 15) is 14.4 Å². The Morgan fingerprint density at radius 3 is 2.31 bits per heavy atom. The second-order valence-corrected chi connectivity index (χ2v) is 10.1. The van der Waals surface area contributed by atoms with Crippen LogP contribution >= 0.6 is 45.8 Å². The first kappa shape index (κ1) is 28.5. The molecular weight excluding hydrogens is 662 g/mol. The number of imide groups is 2. The van der Waals surface area contributed by atoms with Crippen molar-refractivity contribution in [1.82, 2.24) is 5.32 Å². The zero-order valence-electron chi connectivity index (χ0n) is 20.8. The predicted octanol–water partition coefficient (Wildman–Crippen LogP) is 5.87. The Kier molecular flexibility index (Phi) is 8.88. The molecule has 1 saturated heterocycles. The highest BCUT2D eigenvalue weighted by atomic mass is 127. The van der Waals surface area contributed by atoms with Crippen LogP contribution in [0.5, 0.6) is 23.0 Å². The molecule has 0 radical (unpaired) electrons. The Morgan fingerprint density at radius 1 is 0.923 bits per heavy atom. The molecule has 3 aromatic carbocycles. The minimum absolute atomic E-state index is 0.0524. The number of urea groups is 1. The minimum Gasteiger partial charge on any atom is -0.495 e. The second kappa shape index (κ2) is 12.1. The second-order valence-electron chi connectivity index (χ2n) is 8.07. The summed E-state index contributed by atoms with van der Waals surface area (Å²) < 4.78 is 22.7. The van der Waals surface area contributed by atoms with E-state index < -0.39 is 17.8 Å². The first-order chi connectivity index (χ1) is 18.7. The van der Waals surface area contributed by atoms with Gasteiger partial charge in [-0.25, -0.2) is 9.69 Å². The Morgan fingerprint density at radius 2 is 1.64 bits per heavy atom. The van der Waals surface area contributed by atoms with Crippen LogP contribution in [0.4, 0.5) is 10.5 Å². The summed E-state index contributed by atoms with van der Waals surface area (Å²) in [6.45, 7) is 0.248. The van der Waals surface area contributed by atoms with E-state index in [1.807, 2.05) is 12.1 Å². The van der Waals surface area contributed by atoms with Crippen molar-refractivity contribution in [3.8, 4) is 23.0 Å². The summed E-state index contributed by atoms with van der Waals surface area (Å²) in [6.07, 6.45) is 1.36. The van der Waals surface area contributed by atoms with Crippen molar-refractivity contribution in [2.75, 3.05) is 26.2 Å². The van der Waals surface area contributed by atoms with Gasteiger partial charge in [-0.3, -0.25) is 14.9 Å². The zero-order chi connectivity index (χ0) is 28.3. The van der Waals surface area contributed by atoms with Crippen molar-refractivity contribution in [2.45, 2.75) is 6.61 Å². The van der Waals surface area contributed by atoms with Gasteiger partial charge in [-0.05, 0) is 64.1 Å². The third-order valence-electron chi connectivity index (χ3n) is 5.63. The van der Waals surface area contributed by atoms with Gasteiger partial charge in [-0.1, -0.05) is 35.3 Å². The molecule has 0 saturated carbocycles. The molecule has 0 atom stereocenters. The lowest BCUT2D eigenvalue weighted by molar-refractivity contribution is -0.122. The highest BCUT2D eigenvalue weighted by Crippen LogP contribution is 2.40. The number of hydrogen-bond donors (Lipinski definition) is 1. The lowest BCUT2D eigenvalue weighted by atomic mass is 10.1. The third kappa shape index (κ3) is 6.07. The van der Waals surface area contributed by atoms with Crippen LogP contribution in [0.1, 0.15) is 11.1 Å². The van der Waals surface area contributed by atoms with Crippen LogP contribution in [-0.2, 0) is 16.2 Å². The summed E-state index contributed by atoms with van der Waals surface area (Å²) >= 11 is 14.3. The number of carbonyl (C=O) groups is 3. The molecule has 4 rings (SSSR count). The van der Waals surface area contributed by atoms with Crippen LogP contribution < -0.4 is 29.2 Å². The number of amides is 4. The molecule has 3 aromatic rings. The van der Waals surface area contributed by atoms with Crippen LogP contribution in [0.2, 0.25) is 10.0 Å². The lowest BCUT2D eigenvalue weighted by Gasteiger charge is -2.28. The monoisotopic (exact) mass is 682 g/mol. The smallest absolute Gasteiger partial charge is 0.336 e. The average Bonchev–Trinajstić information content (AvgIpc) is 2.90. The largest absolute Gasteiger partial charge is 0.495 e. The van der Waals surface area contributed by atoms with Gasteiger partial charge in [0.1, 0.15) is 23.7 Å². The molecule has 0 spiro atoms. The molecule has 0 unspecified atom stereocenters. The number of methoxy groups -OCH3 is 3. The third-order valence-corrected chi connectivity index (χ3v) is 6.96. The topological polar surface area (TPSA) is 103 Å². The van der Waals surface area contributed by atoms with Crippen molar-refractivity contribution in [3.63, 3.8) is 0 Å². The van der Waals surface area contributed by atoms with Crippen LogP contribution in [0.15, 0.2) is 54.1 Å². The number of carbonyl (C=O) groups excluding carboxylic acids is 3. The number of ether oxygens (including phenoxy) is 4. The maximum absolute atomic E-state index is 13.5. The molecule has 0 aromatic heterocycles. The van der Waals surface area contributed by atoms with Crippen molar-refractivity contribution in [3.05, 3.63) is 78.8 Å². The summed E-state index contributed by atoms with van der Waals surface area (Å²) in [6, 6.07) is 12.5. The Labute approximate surface area is 247 Å². The van der Waals surface area contributed by atoms with Gasteiger partial charge in [0.25, 0.3) is 11.8 Å². The summed E-state index contributed by atoms with van der Waals surface area (Å²) in [4.78, 5) is 39.7. The standard InChI is InChI=1S/C27H21Cl2IN2O7/c1-36-21-12-20(22(37-2)11-18(21)29)32-26(34)17(25(33)31-27(32)35)8-15-9-19(30)24(23(10-15)38-3)39-13-14-5-4-6-16(28)7-14/h4-12H,13H2,1-3H3,(H,31,33,35)/b17-8+. The average molecular weight is 683 g/mol. The normalized spacial score (nSPS) is 14.4. The van der Waals surface area contributed by atoms with E-state index in [0.717, 1.165) is 10.5 Å². The van der Waals surface area contributed by atoms with Crippen LogP contribution in [0, 0.1) is 3.57 Å². The molecule has 1 heterocycles. The fourth-order valence-electron chi connectivity index (χ4n) is 3.81. The van der Waals surface area contributed by atoms with E-state index in [1.165, 1.54) is 39.5 Å². The molecule has 12 heteroatoms. The summed E-state index contributed by atoms with van der Waals surface area (Å²) in [5.41, 5.74) is 1.11. The van der Waals surface area contributed by atoms with Gasteiger partial charge in [-0.15, -0.1) is 0 Å². The molecule has 0 bridgehead atoms. The molecule has 1 aliphatic rings. The van der Waals surface area contributed by atoms with Crippen LogP contribution in [0.25, 0.3) is 6.08 Å². The van der Waals surface area contributed by atoms with Gasteiger partial charge >= 0.3 is 6.03 Å². The number of halogens is 3. The van der Waals surface area contributed by atoms with Gasteiger partial charge in [0.05, 0.1) is 35.6 Å². The summed E-state index contributed by atoms with van der Waals surface area (Å²) in [7, 11) is 4.23. The fraction of sp³-hybridized carbons (Fsp3) is 0.148. The van der Waals surface area contributed by atoms with Crippen molar-refractivity contribution in [1.29, 1.82) is 0 Å². The fourth-order valence-corrected chi connectivity index (χ4v) is 5.03. The molecule has 4 amide bonds. The molecule has 1 N–H and O–H groups in total. The Bertz CT molecular complexity index is 1510. The maximum Gasteiger partial charge on any atom is 0.336 e. The number of nitrogens with zero attached hydrogens (tertiary/aromatic N) is 1. The Hall–Kier alpha value is -3.48. The quantitative estimate of drug-likeness (QED) is 0.180. The maximum atomic E-state index is 13.5. The zero-order valence-corrected chi connectivity index (χ0v) is 24.5. The molecule has 1 fully saturated rings. The number of benzene rings is 3. The number of anilines is 1. The van der Waals surface area contributed by atoms with Gasteiger partial charge in [-0.2, -0.15) is 0 Å². The summed E-state index contributed by atoms with van der Waals surface area (Å²) in [5, 5.41) is 3.00. The number of rotatable bonds is 8. The molecule has 0 aliphatic carbocycles. The van der Waals surface area contributed by atoms with E-state index in [2.05, 4.69) is 27.9 Å². The van der Waals surface area contributed by atoms with Crippen molar-refractivity contribution in [2.24, 2.45) is 0 Å². The molecule has 1 aliphatic heterocycles. The van der Waals surface area contributed by atoms with Crippen LogP contribution in [0.3, 0.4) is 0 Å². The SMILES string of the molecule is COc1cc(N2C(=O)NC(=O)/C(=C\c3cc(I)c(OCc4cccc(Cl)c4)c(OC)c3)C2=O)c(OC)cc1Cl. The predicted molar refractivity (Wildman–Crippen MR) is 155 cm³/mol. The van der Waals surface area contributed by atoms with Crippen molar-refractivity contribution >= 4 is 75.4 Å². The van der Waals surface area contributed by atoms with E-state index in [0.29, 0.717) is 25.7 Å². The van der Waals surface area contributed by atoms with E-state index >= 15 is 0 Å².